The first kappa shape index (κ1) is 13.4. The van der Waals surface area contributed by atoms with E-state index in [2.05, 4.69) is 10.6 Å². The highest BCUT2D eigenvalue weighted by Crippen LogP contribution is 1.96. The molecule has 0 bridgehead atoms. The van der Waals surface area contributed by atoms with Gasteiger partial charge in [0.1, 0.15) is 0 Å². The fourth-order valence-electron chi connectivity index (χ4n) is 1.21. The number of carbonyl (C=O) groups is 1. The van der Waals surface area contributed by atoms with Crippen molar-refractivity contribution in [2.45, 2.75) is 39.2 Å². The largest absolute Gasteiger partial charge is 0.396 e. The van der Waals surface area contributed by atoms with E-state index in [1.54, 1.807) is 0 Å². The van der Waals surface area contributed by atoms with Crippen LogP contribution in [-0.2, 0) is 4.79 Å². The third-order valence-electron chi connectivity index (χ3n) is 2.11. The molecule has 0 rings (SSSR count). The lowest BCUT2D eigenvalue weighted by atomic mass is 10.1. The second-order valence-electron chi connectivity index (χ2n) is 3.29. The van der Waals surface area contributed by atoms with Gasteiger partial charge in [0.05, 0.1) is 0 Å². The molecule has 1 amide bonds. The van der Waals surface area contributed by atoms with Gasteiger partial charge in [0, 0.05) is 25.6 Å². The lowest BCUT2D eigenvalue weighted by Crippen LogP contribution is -2.36. The molecular formula is C10H22N2O2. The van der Waals surface area contributed by atoms with Gasteiger partial charge in [-0.2, -0.15) is 0 Å². The molecule has 0 aliphatic rings. The number of rotatable bonds is 8. The molecule has 1 unspecified atom stereocenters. The molecule has 0 heterocycles. The van der Waals surface area contributed by atoms with Gasteiger partial charge in [-0.3, -0.25) is 4.79 Å². The minimum atomic E-state index is 0.0613. The van der Waals surface area contributed by atoms with Crippen molar-refractivity contribution < 1.29 is 9.90 Å². The summed E-state index contributed by atoms with van der Waals surface area (Å²) in [5.74, 6) is 0.0613. The molecule has 0 aliphatic carbocycles. The summed E-state index contributed by atoms with van der Waals surface area (Å²) in [6.07, 6.45) is 2.02. The highest BCUT2D eigenvalue weighted by molar-refractivity contribution is 5.76. The Bertz CT molecular complexity index is 151. The first-order valence-electron chi connectivity index (χ1n) is 5.35. The average Bonchev–Trinajstić information content (AvgIpc) is 2.17. The van der Waals surface area contributed by atoms with Gasteiger partial charge < -0.3 is 15.7 Å². The maximum atomic E-state index is 11.3. The van der Waals surface area contributed by atoms with Crippen molar-refractivity contribution in [1.29, 1.82) is 0 Å². The van der Waals surface area contributed by atoms with Crippen molar-refractivity contribution in [2.75, 3.05) is 19.7 Å². The van der Waals surface area contributed by atoms with Crippen molar-refractivity contribution >= 4 is 5.91 Å². The molecule has 3 N–H and O–H groups in total. The van der Waals surface area contributed by atoms with E-state index in [0.29, 0.717) is 12.8 Å². The Morgan fingerprint density at radius 3 is 2.64 bits per heavy atom. The summed E-state index contributed by atoms with van der Waals surface area (Å²) in [6.45, 7) is 5.76. The average molecular weight is 202 g/mol. The predicted octanol–water partition coefficient (Wildman–Crippen LogP) is 0.263. The molecule has 0 aromatic carbocycles. The molecule has 0 aromatic heterocycles. The molecule has 4 nitrogen and oxygen atoms in total. The molecule has 14 heavy (non-hydrogen) atoms. The van der Waals surface area contributed by atoms with E-state index in [9.17, 15) is 4.79 Å². The summed E-state index contributed by atoms with van der Waals surface area (Å²) in [5.41, 5.74) is 0. The summed E-state index contributed by atoms with van der Waals surface area (Å²) in [5, 5.41) is 14.7. The van der Waals surface area contributed by atoms with Crippen LogP contribution in [0.15, 0.2) is 0 Å². The molecule has 0 saturated carbocycles. The number of aliphatic hydroxyl groups excluding tert-OH is 1. The van der Waals surface area contributed by atoms with E-state index in [0.717, 1.165) is 19.5 Å². The minimum Gasteiger partial charge on any atom is -0.396 e. The van der Waals surface area contributed by atoms with Gasteiger partial charge in [-0.15, -0.1) is 0 Å². The minimum absolute atomic E-state index is 0.0613. The summed E-state index contributed by atoms with van der Waals surface area (Å²) in [7, 11) is 0. The first-order chi connectivity index (χ1) is 6.74. The molecule has 0 aromatic rings. The van der Waals surface area contributed by atoms with Gasteiger partial charge >= 0.3 is 0 Å². The zero-order chi connectivity index (χ0) is 10.8. The van der Waals surface area contributed by atoms with Gasteiger partial charge in [-0.05, 0) is 19.4 Å². The number of hydrogen-bond donors (Lipinski definition) is 3. The second-order valence-corrected chi connectivity index (χ2v) is 3.29. The molecule has 0 saturated heterocycles. The third-order valence-corrected chi connectivity index (χ3v) is 2.11. The standard InChI is InChI=1S/C10H22N2O2/c1-3-9(6-8-13)12-10(14)5-7-11-4-2/h9,11,13H,3-8H2,1-2H3,(H,12,14). The van der Waals surface area contributed by atoms with Crippen LogP contribution in [0.3, 0.4) is 0 Å². The van der Waals surface area contributed by atoms with Crippen molar-refractivity contribution in [3.05, 3.63) is 0 Å². The van der Waals surface area contributed by atoms with Crippen LogP contribution in [0.2, 0.25) is 0 Å². The van der Waals surface area contributed by atoms with Gasteiger partial charge in [0.25, 0.3) is 0 Å². The van der Waals surface area contributed by atoms with E-state index in [-0.39, 0.29) is 18.6 Å². The number of amides is 1. The van der Waals surface area contributed by atoms with Crippen molar-refractivity contribution in [3.63, 3.8) is 0 Å². The number of aliphatic hydroxyl groups is 1. The molecule has 4 heteroatoms. The molecule has 0 spiro atoms. The van der Waals surface area contributed by atoms with Gasteiger partial charge in [-0.25, -0.2) is 0 Å². The number of nitrogens with one attached hydrogen (secondary N) is 2. The van der Waals surface area contributed by atoms with Crippen molar-refractivity contribution in [1.82, 2.24) is 10.6 Å². The van der Waals surface area contributed by atoms with Crippen LogP contribution in [0, 0.1) is 0 Å². The maximum Gasteiger partial charge on any atom is 0.221 e. The Morgan fingerprint density at radius 2 is 2.14 bits per heavy atom. The summed E-state index contributed by atoms with van der Waals surface area (Å²) >= 11 is 0. The number of carbonyl (C=O) groups excluding carboxylic acids is 1. The quantitative estimate of drug-likeness (QED) is 0.495. The lowest BCUT2D eigenvalue weighted by molar-refractivity contribution is -0.121. The van der Waals surface area contributed by atoms with Crippen LogP contribution < -0.4 is 10.6 Å². The fraction of sp³-hybridized carbons (Fsp3) is 0.900. The van der Waals surface area contributed by atoms with Crippen LogP contribution in [0.5, 0.6) is 0 Å². The zero-order valence-electron chi connectivity index (χ0n) is 9.18. The Hall–Kier alpha value is -0.610. The Balaban J connectivity index is 3.56. The highest BCUT2D eigenvalue weighted by Gasteiger charge is 2.08. The first-order valence-corrected chi connectivity index (χ1v) is 5.35. The molecule has 84 valence electrons. The molecular weight excluding hydrogens is 180 g/mol. The van der Waals surface area contributed by atoms with Gasteiger partial charge in [-0.1, -0.05) is 13.8 Å². The van der Waals surface area contributed by atoms with Crippen molar-refractivity contribution in [3.8, 4) is 0 Å². The monoisotopic (exact) mass is 202 g/mol. The smallest absolute Gasteiger partial charge is 0.221 e. The summed E-state index contributed by atoms with van der Waals surface area (Å²) in [6, 6.07) is 0.120. The van der Waals surface area contributed by atoms with E-state index < -0.39 is 0 Å². The normalized spacial score (nSPS) is 12.5. The topological polar surface area (TPSA) is 61.4 Å². The highest BCUT2D eigenvalue weighted by atomic mass is 16.3. The molecule has 1 atom stereocenters. The van der Waals surface area contributed by atoms with E-state index in [1.165, 1.54) is 0 Å². The van der Waals surface area contributed by atoms with Crippen molar-refractivity contribution in [2.24, 2.45) is 0 Å². The van der Waals surface area contributed by atoms with Gasteiger partial charge in [0.2, 0.25) is 5.91 Å². The SMILES string of the molecule is CCNCCC(=O)NC(CC)CCO. The van der Waals surface area contributed by atoms with Crippen LogP contribution in [0.25, 0.3) is 0 Å². The van der Waals surface area contributed by atoms with Crippen LogP contribution >= 0.6 is 0 Å². The zero-order valence-corrected chi connectivity index (χ0v) is 9.18. The van der Waals surface area contributed by atoms with Gasteiger partial charge in [0.15, 0.2) is 0 Å². The van der Waals surface area contributed by atoms with Crippen LogP contribution in [-0.4, -0.2) is 36.8 Å². The molecule has 0 fully saturated rings. The third kappa shape index (κ3) is 6.86. The number of hydrogen-bond acceptors (Lipinski definition) is 3. The molecule has 0 radical (unpaired) electrons. The Labute approximate surface area is 86.1 Å². The van der Waals surface area contributed by atoms with E-state index in [4.69, 9.17) is 5.11 Å². The maximum absolute atomic E-state index is 11.3. The Kier molecular flexibility index (Phi) is 8.57. The fourth-order valence-corrected chi connectivity index (χ4v) is 1.21. The van der Waals surface area contributed by atoms with E-state index >= 15 is 0 Å². The summed E-state index contributed by atoms with van der Waals surface area (Å²) < 4.78 is 0. The Morgan fingerprint density at radius 1 is 1.43 bits per heavy atom. The van der Waals surface area contributed by atoms with Crippen LogP contribution in [0.1, 0.15) is 33.1 Å². The van der Waals surface area contributed by atoms with E-state index in [1.807, 2.05) is 13.8 Å². The van der Waals surface area contributed by atoms with Crippen LogP contribution in [0.4, 0.5) is 0 Å². The lowest BCUT2D eigenvalue weighted by Gasteiger charge is -2.15. The predicted molar refractivity (Wildman–Crippen MR) is 57.1 cm³/mol. The summed E-state index contributed by atoms with van der Waals surface area (Å²) in [4.78, 5) is 11.3. The second kappa shape index (κ2) is 8.97. The molecule has 0 aliphatic heterocycles.